The van der Waals surface area contributed by atoms with Gasteiger partial charge in [-0.15, -0.1) is 0 Å². The Balaban J connectivity index is 1.94. The lowest BCUT2D eigenvalue weighted by Gasteiger charge is -2.13. The number of hydrogen-bond acceptors (Lipinski definition) is 3. The average Bonchev–Trinajstić information content (AvgIpc) is 2.70. The molecule has 1 amide bonds. The highest BCUT2D eigenvalue weighted by atomic mass is 16.5. The van der Waals surface area contributed by atoms with Crippen LogP contribution < -0.4 is 14.8 Å². The van der Waals surface area contributed by atoms with Gasteiger partial charge in [0, 0.05) is 6.08 Å². The molecule has 0 bridgehead atoms. The number of amides is 1. The van der Waals surface area contributed by atoms with E-state index in [9.17, 15) is 4.79 Å². The second kappa shape index (κ2) is 11.1. The SMILES string of the molecule is CCCCCOc1ccc(/C=C/C(=O)N[C@H](C)c2ccccc2)cc1OC. The maximum Gasteiger partial charge on any atom is 0.244 e. The lowest BCUT2D eigenvalue weighted by Crippen LogP contribution is -2.24. The van der Waals surface area contributed by atoms with Crippen molar-refractivity contribution in [3.05, 3.63) is 65.7 Å². The Hall–Kier alpha value is -2.75. The van der Waals surface area contributed by atoms with Crippen molar-refractivity contribution in [3.63, 3.8) is 0 Å². The fourth-order valence-corrected chi connectivity index (χ4v) is 2.70. The monoisotopic (exact) mass is 367 g/mol. The highest BCUT2D eigenvalue weighted by Gasteiger charge is 2.07. The Kier molecular flexibility index (Phi) is 8.43. The fourth-order valence-electron chi connectivity index (χ4n) is 2.70. The molecule has 0 aliphatic heterocycles. The van der Waals surface area contributed by atoms with E-state index in [2.05, 4.69) is 12.2 Å². The van der Waals surface area contributed by atoms with Gasteiger partial charge in [-0.3, -0.25) is 4.79 Å². The van der Waals surface area contributed by atoms with Crippen molar-refractivity contribution in [3.8, 4) is 11.5 Å². The normalized spacial score (nSPS) is 12.0. The Labute approximate surface area is 162 Å². The predicted molar refractivity (Wildman–Crippen MR) is 110 cm³/mol. The van der Waals surface area contributed by atoms with Crippen LogP contribution in [0.2, 0.25) is 0 Å². The molecular weight excluding hydrogens is 338 g/mol. The molecule has 0 saturated heterocycles. The van der Waals surface area contributed by atoms with Gasteiger partial charge >= 0.3 is 0 Å². The van der Waals surface area contributed by atoms with E-state index in [0.29, 0.717) is 12.4 Å². The molecule has 1 N–H and O–H groups in total. The minimum atomic E-state index is -0.134. The summed E-state index contributed by atoms with van der Waals surface area (Å²) < 4.78 is 11.2. The highest BCUT2D eigenvalue weighted by molar-refractivity contribution is 5.92. The zero-order valence-corrected chi connectivity index (χ0v) is 16.4. The molecule has 4 heteroatoms. The number of methoxy groups -OCH3 is 1. The van der Waals surface area contributed by atoms with Crippen LogP contribution in [0.4, 0.5) is 0 Å². The van der Waals surface area contributed by atoms with E-state index in [1.54, 1.807) is 13.2 Å². The molecule has 1 atom stereocenters. The molecule has 0 aliphatic rings. The second-order valence-corrected chi connectivity index (χ2v) is 6.44. The van der Waals surface area contributed by atoms with E-state index in [4.69, 9.17) is 9.47 Å². The Morgan fingerprint density at radius 3 is 2.59 bits per heavy atom. The fraction of sp³-hybridized carbons (Fsp3) is 0.348. The lowest BCUT2D eigenvalue weighted by atomic mass is 10.1. The number of rotatable bonds is 10. The van der Waals surface area contributed by atoms with E-state index in [1.807, 2.05) is 55.5 Å². The van der Waals surface area contributed by atoms with Gasteiger partial charge in [-0.1, -0.05) is 56.2 Å². The van der Waals surface area contributed by atoms with Crippen LogP contribution in [0, 0.1) is 0 Å². The zero-order chi connectivity index (χ0) is 19.5. The summed E-state index contributed by atoms with van der Waals surface area (Å²) in [6.45, 7) is 4.81. The van der Waals surface area contributed by atoms with Crippen molar-refractivity contribution < 1.29 is 14.3 Å². The third-order valence-corrected chi connectivity index (χ3v) is 4.28. The molecule has 144 valence electrons. The van der Waals surface area contributed by atoms with Crippen LogP contribution in [0.3, 0.4) is 0 Å². The summed E-state index contributed by atoms with van der Waals surface area (Å²) in [6.07, 6.45) is 6.66. The first-order valence-electron chi connectivity index (χ1n) is 9.48. The standard InChI is InChI=1S/C23H29NO3/c1-4-5-9-16-27-21-14-12-19(17-22(21)26-3)13-15-23(25)24-18(2)20-10-7-6-8-11-20/h6-8,10-15,17-18H,4-5,9,16H2,1-3H3,(H,24,25)/b15-13+/t18-/m1/s1. The summed E-state index contributed by atoms with van der Waals surface area (Å²) in [7, 11) is 1.62. The zero-order valence-electron chi connectivity index (χ0n) is 16.4. The number of nitrogens with one attached hydrogen (secondary N) is 1. The van der Waals surface area contributed by atoms with Gasteiger partial charge in [0.25, 0.3) is 0 Å². The van der Waals surface area contributed by atoms with Crippen LogP contribution in [0.5, 0.6) is 11.5 Å². The Bertz CT molecular complexity index is 741. The molecule has 0 spiro atoms. The van der Waals surface area contributed by atoms with E-state index in [1.165, 1.54) is 6.08 Å². The molecule has 27 heavy (non-hydrogen) atoms. The lowest BCUT2D eigenvalue weighted by molar-refractivity contribution is -0.117. The summed E-state index contributed by atoms with van der Waals surface area (Å²) in [4.78, 5) is 12.2. The molecule has 0 unspecified atom stereocenters. The third kappa shape index (κ3) is 6.81. The number of carbonyl (C=O) groups excluding carboxylic acids is 1. The quantitative estimate of drug-likeness (QED) is 0.466. The van der Waals surface area contributed by atoms with Crippen molar-refractivity contribution >= 4 is 12.0 Å². The largest absolute Gasteiger partial charge is 0.493 e. The van der Waals surface area contributed by atoms with Crippen LogP contribution >= 0.6 is 0 Å². The van der Waals surface area contributed by atoms with Gasteiger partial charge in [-0.25, -0.2) is 0 Å². The molecule has 0 saturated carbocycles. The van der Waals surface area contributed by atoms with Crippen LogP contribution in [0.1, 0.15) is 50.3 Å². The number of unbranched alkanes of at least 4 members (excludes halogenated alkanes) is 2. The van der Waals surface area contributed by atoms with Gasteiger partial charge in [-0.05, 0) is 42.7 Å². The summed E-state index contributed by atoms with van der Waals surface area (Å²) >= 11 is 0. The van der Waals surface area contributed by atoms with E-state index in [-0.39, 0.29) is 11.9 Å². The van der Waals surface area contributed by atoms with Crippen molar-refractivity contribution in [2.45, 2.75) is 39.2 Å². The first-order chi connectivity index (χ1) is 13.1. The van der Waals surface area contributed by atoms with Crippen molar-refractivity contribution in [1.82, 2.24) is 5.32 Å². The van der Waals surface area contributed by atoms with E-state index < -0.39 is 0 Å². The Morgan fingerprint density at radius 2 is 1.89 bits per heavy atom. The van der Waals surface area contributed by atoms with Crippen molar-refractivity contribution in [1.29, 1.82) is 0 Å². The molecular formula is C23H29NO3. The molecule has 2 rings (SSSR count). The molecule has 2 aromatic carbocycles. The molecule has 0 aromatic heterocycles. The Morgan fingerprint density at radius 1 is 1.11 bits per heavy atom. The molecule has 0 heterocycles. The number of ether oxygens (including phenoxy) is 2. The smallest absolute Gasteiger partial charge is 0.244 e. The van der Waals surface area contributed by atoms with Crippen LogP contribution in [-0.4, -0.2) is 19.6 Å². The molecule has 4 nitrogen and oxygen atoms in total. The average molecular weight is 367 g/mol. The first-order valence-corrected chi connectivity index (χ1v) is 9.48. The van der Waals surface area contributed by atoms with Gasteiger partial charge < -0.3 is 14.8 Å². The predicted octanol–water partition coefficient (Wildman–Crippen LogP) is 5.15. The van der Waals surface area contributed by atoms with E-state index >= 15 is 0 Å². The van der Waals surface area contributed by atoms with Gasteiger partial charge in [0.2, 0.25) is 5.91 Å². The van der Waals surface area contributed by atoms with Crippen LogP contribution in [0.15, 0.2) is 54.6 Å². The van der Waals surface area contributed by atoms with Crippen molar-refractivity contribution in [2.75, 3.05) is 13.7 Å². The van der Waals surface area contributed by atoms with Gasteiger partial charge in [-0.2, -0.15) is 0 Å². The van der Waals surface area contributed by atoms with Gasteiger partial charge in [0.15, 0.2) is 11.5 Å². The minimum Gasteiger partial charge on any atom is -0.493 e. The number of benzene rings is 2. The summed E-state index contributed by atoms with van der Waals surface area (Å²) in [5.74, 6) is 1.27. The summed E-state index contributed by atoms with van der Waals surface area (Å²) in [6, 6.07) is 15.5. The molecule has 0 radical (unpaired) electrons. The molecule has 0 fully saturated rings. The maximum atomic E-state index is 12.2. The number of hydrogen-bond donors (Lipinski definition) is 1. The van der Waals surface area contributed by atoms with Crippen LogP contribution in [0.25, 0.3) is 6.08 Å². The molecule has 0 aliphatic carbocycles. The minimum absolute atomic E-state index is 0.0446. The van der Waals surface area contributed by atoms with Crippen molar-refractivity contribution in [2.24, 2.45) is 0 Å². The van der Waals surface area contributed by atoms with Crippen LogP contribution in [-0.2, 0) is 4.79 Å². The first kappa shape index (κ1) is 20.6. The summed E-state index contributed by atoms with van der Waals surface area (Å²) in [5.41, 5.74) is 1.96. The topological polar surface area (TPSA) is 47.6 Å². The third-order valence-electron chi connectivity index (χ3n) is 4.28. The maximum absolute atomic E-state index is 12.2. The summed E-state index contributed by atoms with van der Waals surface area (Å²) in [5, 5.41) is 2.96. The van der Waals surface area contributed by atoms with E-state index in [0.717, 1.165) is 36.1 Å². The van der Waals surface area contributed by atoms with Gasteiger partial charge in [0.1, 0.15) is 0 Å². The molecule has 2 aromatic rings. The number of carbonyl (C=O) groups is 1. The highest BCUT2D eigenvalue weighted by Crippen LogP contribution is 2.28. The van der Waals surface area contributed by atoms with Gasteiger partial charge in [0.05, 0.1) is 19.8 Å². The second-order valence-electron chi connectivity index (χ2n) is 6.44.